The van der Waals surface area contributed by atoms with Crippen molar-refractivity contribution in [3.63, 3.8) is 0 Å². The normalized spacial score (nSPS) is 8.73. The summed E-state index contributed by atoms with van der Waals surface area (Å²) in [5, 5.41) is 19.5. The van der Waals surface area contributed by atoms with Gasteiger partial charge in [-0.25, -0.2) is 0 Å². The summed E-state index contributed by atoms with van der Waals surface area (Å²) in [5.74, 6) is 0.226. The molecule has 0 heterocycles. The van der Waals surface area contributed by atoms with Crippen molar-refractivity contribution in [2.75, 3.05) is 18.9 Å². The molecule has 0 aromatic heterocycles. The zero-order valence-electron chi connectivity index (χ0n) is 9.25. The number of hydrogen-bond acceptors (Lipinski definition) is 4. The standard InChI is InChI=1S/C10H14N2O.CH5N/c1-2-5-12-10-6-9(13)4-3-8(10)7-11;1-2/h3-4,6-7,11-13H,2,5H2,1H3;2H2,1H3. The Morgan fingerprint density at radius 1 is 1.47 bits per heavy atom. The Morgan fingerprint density at radius 2 is 2.13 bits per heavy atom. The van der Waals surface area contributed by atoms with Gasteiger partial charge in [0, 0.05) is 30.1 Å². The predicted octanol–water partition coefficient (Wildman–Crippen LogP) is 1.79. The molecule has 0 amide bonds. The highest BCUT2D eigenvalue weighted by atomic mass is 16.3. The van der Waals surface area contributed by atoms with Gasteiger partial charge in [0.15, 0.2) is 0 Å². The van der Waals surface area contributed by atoms with Gasteiger partial charge in [-0.3, -0.25) is 0 Å². The average Bonchev–Trinajstić information content (AvgIpc) is 2.29. The van der Waals surface area contributed by atoms with Gasteiger partial charge in [-0.05, 0) is 25.6 Å². The molecule has 0 aliphatic rings. The smallest absolute Gasteiger partial charge is 0.117 e. The van der Waals surface area contributed by atoms with E-state index in [2.05, 4.69) is 18.0 Å². The van der Waals surface area contributed by atoms with Gasteiger partial charge in [0.25, 0.3) is 0 Å². The predicted molar refractivity (Wildman–Crippen MR) is 64.9 cm³/mol. The fourth-order valence-corrected chi connectivity index (χ4v) is 1.08. The van der Waals surface area contributed by atoms with Crippen LogP contribution in [0.2, 0.25) is 0 Å². The van der Waals surface area contributed by atoms with E-state index in [1.807, 2.05) is 0 Å². The number of nitrogens with two attached hydrogens (primary N) is 1. The minimum atomic E-state index is 0.226. The Kier molecular flexibility index (Phi) is 7.01. The Morgan fingerprint density at radius 3 is 2.67 bits per heavy atom. The first kappa shape index (κ1) is 13.4. The molecule has 0 radical (unpaired) electrons. The van der Waals surface area contributed by atoms with Gasteiger partial charge >= 0.3 is 0 Å². The molecule has 5 N–H and O–H groups in total. The van der Waals surface area contributed by atoms with Crippen LogP contribution in [0.15, 0.2) is 18.2 Å². The summed E-state index contributed by atoms with van der Waals surface area (Å²) in [6.07, 6.45) is 2.30. The van der Waals surface area contributed by atoms with Gasteiger partial charge in [-0.15, -0.1) is 0 Å². The first-order valence-corrected chi connectivity index (χ1v) is 4.93. The summed E-state index contributed by atoms with van der Waals surface area (Å²) in [6, 6.07) is 4.94. The van der Waals surface area contributed by atoms with E-state index < -0.39 is 0 Å². The molecular formula is C11H19N3O. The van der Waals surface area contributed by atoms with Crippen LogP contribution in [0.5, 0.6) is 5.75 Å². The second-order valence-electron chi connectivity index (χ2n) is 2.84. The molecular weight excluding hydrogens is 190 g/mol. The van der Waals surface area contributed by atoms with Gasteiger partial charge in [-0.1, -0.05) is 6.92 Å². The third-order valence-electron chi connectivity index (χ3n) is 1.76. The van der Waals surface area contributed by atoms with Gasteiger partial charge in [0.05, 0.1) is 0 Å². The van der Waals surface area contributed by atoms with Crippen molar-refractivity contribution in [2.45, 2.75) is 13.3 Å². The first-order valence-electron chi connectivity index (χ1n) is 4.93. The first-order chi connectivity index (χ1) is 7.27. The van der Waals surface area contributed by atoms with Gasteiger partial charge in [0.2, 0.25) is 0 Å². The molecule has 4 heteroatoms. The average molecular weight is 209 g/mol. The van der Waals surface area contributed by atoms with Crippen LogP contribution >= 0.6 is 0 Å². The number of hydrogen-bond donors (Lipinski definition) is 4. The highest BCUT2D eigenvalue weighted by Gasteiger charge is 1.99. The molecule has 0 saturated carbocycles. The van der Waals surface area contributed by atoms with Crippen molar-refractivity contribution < 1.29 is 5.11 Å². The number of aromatic hydroxyl groups is 1. The van der Waals surface area contributed by atoms with E-state index in [4.69, 9.17) is 5.41 Å². The molecule has 0 fully saturated rings. The number of anilines is 1. The summed E-state index contributed by atoms with van der Waals surface area (Å²) in [7, 11) is 1.50. The number of nitrogens with one attached hydrogen (secondary N) is 2. The Balaban J connectivity index is 0.000000921. The van der Waals surface area contributed by atoms with Crippen LogP contribution < -0.4 is 11.1 Å². The molecule has 0 aliphatic heterocycles. The molecule has 0 unspecified atom stereocenters. The molecule has 4 nitrogen and oxygen atoms in total. The summed E-state index contributed by atoms with van der Waals surface area (Å²) in [4.78, 5) is 0. The molecule has 0 atom stereocenters. The Hall–Kier alpha value is -1.55. The number of rotatable bonds is 4. The minimum absolute atomic E-state index is 0.226. The van der Waals surface area contributed by atoms with Crippen LogP contribution in [0, 0.1) is 5.41 Å². The number of phenolic OH excluding ortho intramolecular Hbond substituents is 1. The summed E-state index contributed by atoms with van der Waals surface area (Å²) < 4.78 is 0. The largest absolute Gasteiger partial charge is 0.508 e. The second-order valence-corrected chi connectivity index (χ2v) is 2.84. The van der Waals surface area contributed by atoms with E-state index in [-0.39, 0.29) is 5.75 Å². The lowest BCUT2D eigenvalue weighted by atomic mass is 10.2. The highest BCUT2D eigenvalue weighted by Crippen LogP contribution is 2.19. The van der Waals surface area contributed by atoms with E-state index >= 15 is 0 Å². The van der Waals surface area contributed by atoms with Crippen LogP contribution in [0.4, 0.5) is 5.69 Å². The molecule has 0 saturated heterocycles. The maximum absolute atomic E-state index is 9.22. The Bertz CT molecular complexity index is 300. The molecule has 84 valence electrons. The van der Waals surface area contributed by atoms with Crippen LogP contribution in [-0.4, -0.2) is 24.9 Å². The summed E-state index contributed by atoms with van der Waals surface area (Å²) in [5.41, 5.74) is 6.11. The van der Waals surface area contributed by atoms with Crippen LogP contribution in [0.25, 0.3) is 0 Å². The molecule has 0 bridgehead atoms. The van der Waals surface area contributed by atoms with Crippen LogP contribution in [-0.2, 0) is 0 Å². The second kappa shape index (κ2) is 7.82. The zero-order chi connectivity index (χ0) is 11.7. The maximum atomic E-state index is 9.22. The maximum Gasteiger partial charge on any atom is 0.117 e. The topological polar surface area (TPSA) is 82.1 Å². The SMILES string of the molecule is CCCNc1cc(O)ccc1C=N.CN. The third kappa shape index (κ3) is 4.46. The molecule has 1 aromatic rings. The lowest BCUT2D eigenvalue weighted by molar-refractivity contribution is 0.475. The van der Waals surface area contributed by atoms with Gasteiger partial charge < -0.3 is 21.6 Å². The fourth-order valence-electron chi connectivity index (χ4n) is 1.08. The Labute approximate surface area is 90.6 Å². The lowest BCUT2D eigenvalue weighted by Gasteiger charge is -2.08. The number of benzene rings is 1. The van der Waals surface area contributed by atoms with Crippen molar-refractivity contribution >= 4 is 11.9 Å². The quantitative estimate of drug-likeness (QED) is 0.570. The molecule has 1 rings (SSSR count). The van der Waals surface area contributed by atoms with E-state index in [1.54, 1.807) is 18.2 Å². The zero-order valence-corrected chi connectivity index (χ0v) is 9.25. The van der Waals surface area contributed by atoms with Crippen molar-refractivity contribution in [2.24, 2.45) is 5.73 Å². The summed E-state index contributed by atoms with van der Waals surface area (Å²) in [6.45, 7) is 2.92. The van der Waals surface area contributed by atoms with Crippen molar-refractivity contribution in [3.8, 4) is 5.75 Å². The van der Waals surface area contributed by atoms with Crippen molar-refractivity contribution in [3.05, 3.63) is 23.8 Å². The minimum Gasteiger partial charge on any atom is -0.508 e. The van der Waals surface area contributed by atoms with Crippen molar-refractivity contribution in [1.82, 2.24) is 0 Å². The summed E-state index contributed by atoms with van der Waals surface area (Å²) >= 11 is 0. The highest BCUT2D eigenvalue weighted by molar-refractivity contribution is 5.86. The van der Waals surface area contributed by atoms with Crippen molar-refractivity contribution in [1.29, 1.82) is 5.41 Å². The van der Waals surface area contributed by atoms with E-state index in [0.717, 1.165) is 24.2 Å². The molecule has 0 aliphatic carbocycles. The lowest BCUT2D eigenvalue weighted by Crippen LogP contribution is -2.02. The number of phenols is 1. The van der Waals surface area contributed by atoms with E-state index in [0.29, 0.717) is 0 Å². The van der Waals surface area contributed by atoms with E-state index in [1.165, 1.54) is 13.3 Å². The van der Waals surface area contributed by atoms with Crippen LogP contribution in [0.1, 0.15) is 18.9 Å². The fraction of sp³-hybridized carbons (Fsp3) is 0.364. The van der Waals surface area contributed by atoms with Crippen LogP contribution in [0.3, 0.4) is 0 Å². The van der Waals surface area contributed by atoms with Gasteiger partial charge in [0.1, 0.15) is 5.75 Å². The monoisotopic (exact) mass is 209 g/mol. The van der Waals surface area contributed by atoms with E-state index in [9.17, 15) is 5.11 Å². The third-order valence-corrected chi connectivity index (χ3v) is 1.76. The van der Waals surface area contributed by atoms with Gasteiger partial charge in [-0.2, -0.15) is 0 Å². The molecule has 1 aromatic carbocycles. The molecule has 15 heavy (non-hydrogen) atoms. The molecule has 0 spiro atoms.